The van der Waals surface area contributed by atoms with E-state index in [4.69, 9.17) is 0 Å². The Morgan fingerprint density at radius 2 is 1.71 bits per heavy atom. The molecule has 4 aliphatic carbocycles. The van der Waals surface area contributed by atoms with Crippen LogP contribution < -0.4 is 0 Å². The van der Waals surface area contributed by atoms with Gasteiger partial charge in [-0.2, -0.15) is 0 Å². The minimum absolute atomic E-state index is 0.109. The predicted octanol–water partition coefficient (Wildman–Crippen LogP) is 7.00. The Morgan fingerprint density at radius 3 is 2.39 bits per heavy atom. The maximum atomic E-state index is 11.2. The van der Waals surface area contributed by atoms with Crippen molar-refractivity contribution in [3.05, 3.63) is 11.6 Å². The average molecular weight is 431 g/mol. The SMILES string of the molecule is CC[C@H](CC[C@@H](C)[C@H]1CC[C@H]2[C@@H]3C[C@@H](O)C4=C[C@@H](O)CC[C@]4(C)[C@H]3CC[C@]12C)C(C)C. The molecule has 0 aromatic rings. The van der Waals surface area contributed by atoms with Crippen molar-refractivity contribution in [2.75, 3.05) is 0 Å². The van der Waals surface area contributed by atoms with Crippen LogP contribution in [0.5, 0.6) is 0 Å². The maximum absolute atomic E-state index is 11.2. The Morgan fingerprint density at radius 1 is 0.968 bits per heavy atom. The summed E-state index contributed by atoms with van der Waals surface area (Å²) in [6.45, 7) is 14.8. The predicted molar refractivity (Wildman–Crippen MR) is 130 cm³/mol. The molecule has 0 amide bonds. The molecule has 0 spiro atoms. The largest absolute Gasteiger partial charge is 0.389 e. The van der Waals surface area contributed by atoms with Crippen LogP contribution in [0, 0.1) is 52.3 Å². The lowest BCUT2D eigenvalue weighted by molar-refractivity contribution is -0.0875. The van der Waals surface area contributed by atoms with E-state index in [1.54, 1.807) is 0 Å². The fourth-order valence-electron chi connectivity index (χ4n) is 9.42. The van der Waals surface area contributed by atoms with Crippen LogP contribution in [0.2, 0.25) is 0 Å². The van der Waals surface area contributed by atoms with Gasteiger partial charge in [0.05, 0.1) is 12.2 Å². The maximum Gasteiger partial charge on any atom is 0.0759 e. The van der Waals surface area contributed by atoms with E-state index >= 15 is 0 Å². The lowest BCUT2D eigenvalue weighted by atomic mass is 9.46. The zero-order valence-corrected chi connectivity index (χ0v) is 21.2. The van der Waals surface area contributed by atoms with Crippen molar-refractivity contribution in [1.82, 2.24) is 0 Å². The molecule has 2 N–H and O–H groups in total. The van der Waals surface area contributed by atoms with Gasteiger partial charge in [-0.25, -0.2) is 0 Å². The minimum Gasteiger partial charge on any atom is -0.389 e. The van der Waals surface area contributed by atoms with Crippen LogP contribution in [0.4, 0.5) is 0 Å². The van der Waals surface area contributed by atoms with Crippen molar-refractivity contribution in [2.24, 2.45) is 52.3 Å². The van der Waals surface area contributed by atoms with Crippen LogP contribution >= 0.6 is 0 Å². The monoisotopic (exact) mass is 430 g/mol. The first-order chi connectivity index (χ1) is 14.6. The number of fused-ring (bicyclic) bond motifs is 5. The number of hydrogen-bond donors (Lipinski definition) is 2. The normalized spacial score (nSPS) is 46.7. The van der Waals surface area contributed by atoms with E-state index in [-0.39, 0.29) is 17.6 Å². The Balaban J connectivity index is 1.50. The minimum atomic E-state index is -0.349. The van der Waals surface area contributed by atoms with Crippen molar-refractivity contribution in [3.8, 4) is 0 Å². The number of rotatable bonds is 6. The van der Waals surface area contributed by atoms with Crippen molar-refractivity contribution in [3.63, 3.8) is 0 Å². The topological polar surface area (TPSA) is 40.5 Å². The summed E-state index contributed by atoms with van der Waals surface area (Å²) >= 11 is 0. The van der Waals surface area contributed by atoms with E-state index in [0.29, 0.717) is 17.3 Å². The lowest BCUT2D eigenvalue weighted by Gasteiger charge is -2.60. The molecule has 0 heterocycles. The van der Waals surface area contributed by atoms with Crippen LogP contribution in [-0.2, 0) is 0 Å². The molecule has 2 nitrogen and oxygen atoms in total. The van der Waals surface area contributed by atoms with Gasteiger partial charge in [-0.3, -0.25) is 0 Å². The van der Waals surface area contributed by atoms with Gasteiger partial charge in [-0.15, -0.1) is 0 Å². The van der Waals surface area contributed by atoms with Gasteiger partial charge in [0, 0.05) is 0 Å². The molecule has 10 atom stereocenters. The molecule has 0 radical (unpaired) electrons. The van der Waals surface area contributed by atoms with Gasteiger partial charge in [-0.1, -0.05) is 60.5 Å². The molecule has 4 aliphatic rings. The van der Waals surface area contributed by atoms with Crippen LogP contribution in [0.25, 0.3) is 0 Å². The highest BCUT2D eigenvalue weighted by molar-refractivity contribution is 5.29. The lowest BCUT2D eigenvalue weighted by Crippen LogP contribution is -2.54. The zero-order chi connectivity index (χ0) is 22.6. The summed E-state index contributed by atoms with van der Waals surface area (Å²) in [5.74, 6) is 5.52. The van der Waals surface area contributed by atoms with E-state index in [0.717, 1.165) is 48.9 Å². The first-order valence-corrected chi connectivity index (χ1v) is 13.7. The van der Waals surface area contributed by atoms with E-state index < -0.39 is 0 Å². The molecule has 0 bridgehead atoms. The third-order valence-corrected chi connectivity index (χ3v) is 11.3. The van der Waals surface area contributed by atoms with Gasteiger partial charge >= 0.3 is 0 Å². The van der Waals surface area contributed by atoms with E-state index in [9.17, 15) is 10.2 Å². The second kappa shape index (κ2) is 8.79. The smallest absolute Gasteiger partial charge is 0.0759 e. The highest BCUT2D eigenvalue weighted by Gasteiger charge is 2.60. The van der Waals surface area contributed by atoms with Gasteiger partial charge in [0.25, 0.3) is 0 Å². The molecule has 3 saturated carbocycles. The highest BCUT2D eigenvalue weighted by Crippen LogP contribution is 2.67. The standard InChI is InChI=1S/C29H50O2/c1-7-20(18(2)3)9-8-19(4)23-10-11-24-22-17-27(31)26-16-21(30)12-14-29(26,6)25(22)13-15-28(23,24)5/h16,18-25,27,30-31H,7-15,17H2,1-6H3/t19-,20-,21+,22+,23-,24+,25+,27-,28-,29-/m1/s1. The van der Waals surface area contributed by atoms with Crippen LogP contribution in [-0.4, -0.2) is 22.4 Å². The summed E-state index contributed by atoms with van der Waals surface area (Å²) in [6.07, 6.45) is 13.8. The van der Waals surface area contributed by atoms with Gasteiger partial charge < -0.3 is 10.2 Å². The van der Waals surface area contributed by atoms with Crippen molar-refractivity contribution in [1.29, 1.82) is 0 Å². The Bertz CT molecular complexity index is 668. The first-order valence-electron chi connectivity index (χ1n) is 13.7. The van der Waals surface area contributed by atoms with E-state index in [1.165, 1.54) is 50.5 Å². The van der Waals surface area contributed by atoms with E-state index in [1.807, 2.05) is 6.08 Å². The van der Waals surface area contributed by atoms with Crippen molar-refractivity contribution >= 4 is 0 Å². The molecule has 4 rings (SSSR count). The summed E-state index contributed by atoms with van der Waals surface area (Å²) in [4.78, 5) is 0. The van der Waals surface area contributed by atoms with Crippen molar-refractivity contribution < 1.29 is 10.2 Å². The quantitative estimate of drug-likeness (QED) is 0.446. The molecule has 0 aromatic carbocycles. The molecule has 2 heteroatoms. The fourth-order valence-corrected chi connectivity index (χ4v) is 9.42. The summed E-state index contributed by atoms with van der Waals surface area (Å²) in [6, 6.07) is 0. The molecular formula is C29H50O2. The molecule has 31 heavy (non-hydrogen) atoms. The number of aliphatic hydroxyl groups is 2. The van der Waals surface area contributed by atoms with Crippen LogP contribution in [0.3, 0.4) is 0 Å². The Hall–Kier alpha value is -0.340. The molecule has 178 valence electrons. The Kier molecular flexibility index (Phi) is 6.75. The molecule has 0 aliphatic heterocycles. The summed E-state index contributed by atoms with van der Waals surface area (Å²) in [7, 11) is 0. The summed E-state index contributed by atoms with van der Waals surface area (Å²) < 4.78 is 0. The van der Waals surface area contributed by atoms with Crippen LogP contribution in [0.1, 0.15) is 106 Å². The average Bonchev–Trinajstić information content (AvgIpc) is 3.07. The highest BCUT2D eigenvalue weighted by atomic mass is 16.3. The third-order valence-electron chi connectivity index (χ3n) is 11.3. The zero-order valence-electron chi connectivity index (χ0n) is 21.2. The fraction of sp³-hybridized carbons (Fsp3) is 0.931. The number of hydrogen-bond acceptors (Lipinski definition) is 2. The van der Waals surface area contributed by atoms with Gasteiger partial charge in [0.1, 0.15) is 0 Å². The van der Waals surface area contributed by atoms with Gasteiger partial charge in [-0.05, 0) is 109 Å². The Labute approximate surface area is 192 Å². The van der Waals surface area contributed by atoms with Gasteiger partial charge in [0.15, 0.2) is 0 Å². The van der Waals surface area contributed by atoms with Crippen molar-refractivity contribution in [2.45, 2.75) is 118 Å². The molecule has 0 aromatic heterocycles. The van der Waals surface area contributed by atoms with Gasteiger partial charge in [0.2, 0.25) is 0 Å². The summed E-state index contributed by atoms with van der Waals surface area (Å²) in [5.41, 5.74) is 1.75. The molecule has 3 fully saturated rings. The van der Waals surface area contributed by atoms with Crippen LogP contribution in [0.15, 0.2) is 11.6 Å². The first kappa shape index (κ1) is 23.8. The van der Waals surface area contributed by atoms with E-state index in [2.05, 4.69) is 41.5 Å². The third kappa shape index (κ3) is 3.96. The molecule has 0 saturated heterocycles. The summed E-state index contributed by atoms with van der Waals surface area (Å²) in [5, 5.41) is 21.4. The molecule has 0 unspecified atom stereocenters. The molecular weight excluding hydrogens is 380 g/mol. The number of aliphatic hydroxyl groups excluding tert-OH is 2. The second-order valence-corrected chi connectivity index (χ2v) is 13.0. The second-order valence-electron chi connectivity index (χ2n) is 13.0.